The minimum atomic E-state index is -0.485. The van der Waals surface area contributed by atoms with E-state index in [0.29, 0.717) is 17.9 Å². The topological polar surface area (TPSA) is 47.9 Å². The molecule has 0 amide bonds. The molecule has 2 aromatic rings. The zero-order valence-corrected chi connectivity index (χ0v) is 14.4. The van der Waals surface area contributed by atoms with Crippen LogP contribution < -0.4 is 4.74 Å². The number of hydrogen-bond donors (Lipinski definition) is 0. The highest BCUT2D eigenvalue weighted by Crippen LogP contribution is 2.14. The molecular weight excluding hydrogens is 302 g/mol. The molecule has 24 heavy (non-hydrogen) atoms. The second-order valence-electron chi connectivity index (χ2n) is 5.65. The number of unbranched alkanes of at least 4 members (excludes halogenated alkanes) is 1. The Hall–Kier alpha value is -2.62. The van der Waals surface area contributed by atoms with E-state index in [4.69, 9.17) is 9.57 Å². The lowest BCUT2D eigenvalue weighted by Gasteiger charge is -2.06. The Balaban J connectivity index is 1.94. The summed E-state index contributed by atoms with van der Waals surface area (Å²) in [5.74, 6) is 0.265. The third kappa shape index (κ3) is 5.23. The summed E-state index contributed by atoms with van der Waals surface area (Å²) >= 11 is 0. The first-order chi connectivity index (χ1) is 11.6. The van der Waals surface area contributed by atoms with Crippen LogP contribution in [-0.4, -0.2) is 18.3 Å². The number of carbonyl (C=O) groups excluding carboxylic acids is 1. The van der Waals surface area contributed by atoms with Gasteiger partial charge in [0.2, 0.25) is 0 Å². The van der Waals surface area contributed by atoms with Gasteiger partial charge in [0, 0.05) is 0 Å². The van der Waals surface area contributed by atoms with E-state index in [9.17, 15) is 4.79 Å². The van der Waals surface area contributed by atoms with Gasteiger partial charge in [-0.05, 0) is 50.1 Å². The second kappa shape index (κ2) is 8.87. The molecule has 0 aliphatic heterocycles. The Morgan fingerprint density at radius 3 is 2.25 bits per heavy atom. The average Bonchev–Trinajstić information content (AvgIpc) is 2.61. The molecule has 0 fully saturated rings. The van der Waals surface area contributed by atoms with Gasteiger partial charge in [-0.2, -0.15) is 0 Å². The summed E-state index contributed by atoms with van der Waals surface area (Å²) in [5.41, 5.74) is 3.19. The van der Waals surface area contributed by atoms with Gasteiger partial charge < -0.3 is 9.57 Å². The molecule has 0 N–H and O–H groups in total. The largest absolute Gasteiger partial charge is 0.494 e. The predicted octanol–water partition coefficient (Wildman–Crippen LogP) is 4.75. The number of ether oxygens (including phenoxy) is 1. The van der Waals surface area contributed by atoms with Crippen molar-refractivity contribution in [1.29, 1.82) is 0 Å². The Labute approximate surface area is 143 Å². The zero-order chi connectivity index (χ0) is 17.4. The molecule has 4 heteroatoms. The van der Waals surface area contributed by atoms with Crippen LogP contribution in [0.2, 0.25) is 0 Å². The Morgan fingerprint density at radius 1 is 1.00 bits per heavy atom. The quantitative estimate of drug-likeness (QED) is 0.319. The number of hydrogen-bond acceptors (Lipinski definition) is 4. The van der Waals surface area contributed by atoms with E-state index in [1.54, 1.807) is 24.3 Å². The van der Waals surface area contributed by atoms with Gasteiger partial charge in [0.05, 0.1) is 17.9 Å². The van der Waals surface area contributed by atoms with Gasteiger partial charge in [-0.3, -0.25) is 0 Å². The Kier molecular flexibility index (Phi) is 6.55. The molecule has 0 atom stereocenters. The van der Waals surface area contributed by atoms with E-state index in [-0.39, 0.29) is 0 Å². The fourth-order valence-electron chi connectivity index (χ4n) is 2.03. The number of rotatable bonds is 7. The van der Waals surface area contributed by atoms with Gasteiger partial charge in [0.1, 0.15) is 5.75 Å². The first kappa shape index (κ1) is 17.7. The predicted molar refractivity (Wildman–Crippen MR) is 95.7 cm³/mol. The smallest absolute Gasteiger partial charge is 0.365 e. The van der Waals surface area contributed by atoms with Gasteiger partial charge in [0.25, 0.3) is 0 Å². The van der Waals surface area contributed by atoms with Crippen LogP contribution >= 0.6 is 0 Å². The third-order valence-electron chi connectivity index (χ3n) is 3.59. The molecule has 0 aliphatic rings. The van der Waals surface area contributed by atoms with Crippen LogP contribution in [0, 0.1) is 6.92 Å². The molecule has 0 spiro atoms. The minimum absolute atomic E-state index is 0.443. The molecule has 0 saturated carbocycles. The molecule has 0 unspecified atom stereocenters. The summed E-state index contributed by atoms with van der Waals surface area (Å²) in [4.78, 5) is 17.1. The standard InChI is InChI=1S/C20H23NO3/c1-4-5-14-23-19-12-10-18(11-13-19)20(22)24-21-16(3)17-8-6-15(2)7-9-17/h6-13H,4-5,14H2,1-3H3/b21-16+. The zero-order valence-electron chi connectivity index (χ0n) is 14.4. The highest BCUT2D eigenvalue weighted by molar-refractivity contribution is 5.99. The number of aryl methyl sites for hydroxylation is 1. The van der Waals surface area contributed by atoms with Crippen molar-refractivity contribution in [2.24, 2.45) is 5.16 Å². The Bertz CT molecular complexity index is 688. The summed E-state index contributed by atoms with van der Waals surface area (Å²) < 4.78 is 5.57. The van der Waals surface area contributed by atoms with Gasteiger partial charge in [-0.15, -0.1) is 0 Å². The SMILES string of the molecule is CCCCOc1ccc(C(=O)O/N=C(\C)c2ccc(C)cc2)cc1. The molecule has 0 saturated heterocycles. The van der Waals surface area contributed by atoms with Crippen molar-refractivity contribution in [2.75, 3.05) is 6.61 Å². The summed E-state index contributed by atoms with van der Waals surface area (Å²) in [6.07, 6.45) is 2.10. The molecule has 0 heterocycles. The monoisotopic (exact) mass is 325 g/mol. The maximum Gasteiger partial charge on any atom is 0.365 e. The van der Waals surface area contributed by atoms with Crippen molar-refractivity contribution in [3.05, 3.63) is 65.2 Å². The van der Waals surface area contributed by atoms with Gasteiger partial charge in [-0.25, -0.2) is 4.79 Å². The normalized spacial score (nSPS) is 11.2. The van der Waals surface area contributed by atoms with Crippen molar-refractivity contribution < 1.29 is 14.4 Å². The van der Waals surface area contributed by atoms with Crippen LogP contribution in [0.5, 0.6) is 5.75 Å². The fraction of sp³-hybridized carbons (Fsp3) is 0.300. The highest BCUT2D eigenvalue weighted by Gasteiger charge is 2.08. The van der Waals surface area contributed by atoms with Gasteiger partial charge in [0.15, 0.2) is 0 Å². The molecule has 2 aromatic carbocycles. The molecule has 126 valence electrons. The molecule has 0 aliphatic carbocycles. The lowest BCUT2D eigenvalue weighted by Crippen LogP contribution is -2.04. The van der Waals surface area contributed by atoms with Crippen LogP contribution in [0.15, 0.2) is 53.7 Å². The first-order valence-electron chi connectivity index (χ1n) is 8.16. The van der Waals surface area contributed by atoms with Crippen LogP contribution in [-0.2, 0) is 4.84 Å². The molecule has 0 bridgehead atoms. The molecule has 0 aromatic heterocycles. The summed E-state index contributed by atoms with van der Waals surface area (Å²) in [6.45, 7) is 6.62. The van der Waals surface area contributed by atoms with Crippen molar-refractivity contribution in [2.45, 2.75) is 33.6 Å². The van der Waals surface area contributed by atoms with E-state index in [1.807, 2.05) is 38.1 Å². The van der Waals surface area contributed by atoms with E-state index < -0.39 is 5.97 Å². The van der Waals surface area contributed by atoms with Gasteiger partial charge >= 0.3 is 5.97 Å². The van der Waals surface area contributed by atoms with Crippen LogP contribution in [0.4, 0.5) is 0 Å². The van der Waals surface area contributed by atoms with Gasteiger partial charge in [-0.1, -0.05) is 48.3 Å². The lowest BCUT2D eigenvalue weighted by molar-refractivity contribution is 0.0516. The van der Waals surface area contributed by atoms with Crippen LogP contribution in [0.25, 0.3) is 0 Å². The van der Waals surface area contributed by atoms with E-state index in [0.717, 1.165) is 24.2 Å². The summed E-state index contributed by atoms with van der Waals surface area (Å²) in [6, 6.07) is 14.8. The summed E-state index contributed by atoms with van der Waals surface area (Å²) in [7, 11) is 0. The fourth-order valence-corrected chi connectivity index (χ4v) is 2.03. The van der Waals surface area contributed by atoms with Crippen LogP contribution in [0.1, 0.15) is 48.2 Å². The highest BCUT2D eigenvalue weighted by atomic mass is 16.7. The molecule has 0 radical (unpaired) electrons. The molecular formula is C20H23NO3. The average molecular weight is 325 g/mol. The van der Waals surface area contributed by atoms with Crippen molar-refractivity contribution in [3.8, 4) is 5.75 Å². The third-order valence-corrected chi connectivity index (χ3v) is 3.59. The Morgan fingerprint density at radius 2 is 1.62 bits per heavy atom. The maximum absolute atomic E-state index is 12.0. The lowest BCUT2D eigenvalue weighted by atomic mass is 10.1. The van der Waals surface area contributed by atoms with Crippen molar-refractivity contribution in [3.63, 3.8) is 0 Å². The van der Waals surface area contributed by atoms with E-state index in [2.05, 4.69) is 12.1 Å². The number of carbonyl (C=O) groups is 1. The maximum atomic E-state index is 12.0. The van der Waals surface area contributed by atoms with Crippen molar-refractivity contribution >= 4 is 11.7 Å². The number of oxime groups is 1. The second-order valence-corrected chi connectivity index (χ2v) is 5.65. The molecule has 4 nitrogen and oxygen atoms in total. The first-order valence-corrected chi connectivity index (χ1v) is 8.16. The van der Waals surface area contributed by atoms with E-state index in [1.165, 1.54) is 5.56 Å². The summed E-state index contributed by atoms with van der Waals surface area (Å²) in [5, 5.41) is 3.92. The minimum Gasteiger partial charge on any atom is -0.494 e. The number of nitrogens with zero attached hydrogens (tertiary/aromatic N) is 1. The van der Waals surface area contributed by atoms with Crippen molar-refractivity contribution in [1.82, 2.24) is 0 Å². The van der Waals surface area contributed by atoms with E-state index >= 15 is 0 Å². The van der Waals surface area contributed by atoms with Crippen LogP contribution in [0.3, 0.4) is 0 Å². The number of benzene rings is 2. The molecule has 2 rings (SSSR count).